The number of carbonyl (C=O) groups excluding carboxylic acids is 4. The van der Waals surface area contributed by atoms with E-state index in [1.807, 2.05) is 0 Å². The first-order valence-electron chi connectivity index (χ1n) is 13.2. The molecule has 6 atom stereocenters. The molecule has 4 amide bonds. The maximum atomic E-state index is 14.5. The Kier molecular flexibility index (Phi) is 8.73. The van der Waals surface area contributed by atoms with E-state index in [-0.39, 0.29) is 24.2 Å². The van der Waals surface area contributed by atoms with Crippen molar-refractivity contribution < 1.29 is 32.0 Å². The lowest BCUT2D eigenvalue weighted by molar-refractivity contribution is -0.142. The van der Waals surface area contributed by atoms with Crippen molar-refractivity contribution in [2.24, 2.45) is 17.8 Å². The van der Waals surface area contributed by atoms with Crippen LogP contribution < -0.4 is 16.0 Å². The van der Waals surface area contributed by atoms with Crippen LogP contribution in [0.25, 0.3) is 0 Å². The van der Waals surface area contributed by atoms with Gasteiger partial charge < -0.3 is 20.9 Å². The summed E-state index contributed by atoms with van der Waals surface area (Å²) in [4.78, 5) is 53.3. The number of halogens is 1. The molecular weight excluding hydrogens is 527 g/mol. The summed E-state index contributed by atoms with van der Waals surface area (Å²) in [6.07, 6.45) is 4.54. The van der Waals surface area contributed by atoms with E-state index in [4.69, 9.17) is 0 Å². The molecule has 39 heavy (non-hydrogen) atoms. The molecule has 1 aliphatic carbocycles. The second-order valence-corrected chi connectivity index (χ2v) is 12.6. The van der Waals surface area contributed by atoms with Gasteiger partial charge >= 0.3 is 0 Å². The zero-order valence-electron chi connectivity index (χ0n) is 22.1. The highest BCUT2D eigenvalue weighted by atomic mass is 32.2. The van der Waals surface area contributed by atoms with Crippen molar-refractivity contribution in [2.75, 3.05) is 19.3 Å². The highest BCUT2D eigenvalue weighted by Gasteiger charge is 2.51. The van der Waals surface area contributed by atoms with Gasteiger partial charge in [-0.3, -0.25) is 19.2 Å². The minimum absolute atomic E-state index is 0.0216. The van der Waals surface area contributed by atoms with E-state index < -0.39 is 56.8 Å². The summed E-state index contributed by atoms with van der Waals surface area (Å²) < 4.78 is 38.1. The average molecular weight is 563 g/mol. The summed E-state index contributed by atoms with van der Waals surface area (Å²) in [5.41, 5.74) is 0.581. The Balaban J connectivity index is 1.62. The van der Waals surface area contributed by atoms with Crippen LogP contribution in [0.15, 0.2) is 41.6 Å². The van der Waals surface area contributed by atoms with Crippen molar-refractivity contribution in [3.05, 3.63) is 47.1 Å². The Morgan fingerprint density at radius 1 is 1.15 bits per heavy atom. The summed E-state index contributed by atoms with van der Waals surface area (Å²) in [7, 11) is -4.15. The molecule has 1 aromatic rings. The summed E-state index contributed by atoms with van der Waals surface area (Å²) >= 11 is 0. The lowest BCUT2D eigenvalue weighted by Crippen LogP contribution is -2.53. The number of carbonyl (C=O) groups is 4. The van der Waals surface area contributed by atoms with Crippen molar-refractivity contribution in [2.45, 2.75) is 57.2 Å². The quantitative estimate of drug-likeness (QED) is 0.415. The van der Waals surface area contributed by atoms with E-state index in [0.717, 1.165) is 31.6 Å². The van der Waals surface area contributed by atoms with Gasteiger partial charge in [0.2, 0.25) is 32.7 Å². The van der Waals surface area contributed by atoms with Crippen molar-refractivity contribution >= 4 is 33.5 Å². The van der Waals surface area contributed by atoms with Crippen molar-refractivity contribution in [1.82, 2.24) is 20.9 Å². The molecule has 1 aromatic carbocycles. The molecular formula is C27H35FN4O6S. The molecule has 10 nitrogen and oxygen atoms in total. The van der Waals surface area contributed by atoms with Crippen LogP contribution in [0.4, 0.5) is 4.39 Å². The largest absolute Gasteiger partial charge is 0.356 e. The lowest BCUT2D eigenvalue weighted by Gasteiger charge is -2.32. The maximum absolute atomic E-state index is 14.5. The number of rotatable bonds is 9. The van der Waals surface area contributed by atoms with Crippen LogP contribution in [-0.2, 0) is 29.0 Å². The van der Waals surface area contributed by atoms with Gasteiger partial charge in [0.15, 0.2) is 0 Å². The minimum Gasteiger partial charge on any atom is -0.356 e. The van der Waals surface area contributed by atoms with Gasteiger partial charge in [0, 0.05) is 32.2 Å². The van der Waals surface area contributed by atoms with E-state index in [2.05, 4.69) is 16.0 Å². The molecule has 0 unspecified atom stereocenters. The Labute approximate surface area is 227 Å². The van der Waals surface area contributed by atoms with Gasteiger partial charge in [0.25, 0.3) is 5.91 Å². The highest BCUT2D eigenvalue weighted by molar-refractivity contribution is 7.94. The molecule has 3 fully saturated rings. The zero-order valence-corrected chi connectivity index (χ0v) is 22.9. The Morgan fingerprint density at radius 3 is 2.49 bits per heavy atom. The molecule has 2 saturated heterocycles. The monoisotopic (exact) mass is 562 g/mol. The minimum atomic E-state index is -4.15. The zero-order chi connectivity index (χ0) is 28.3. The van der Waals surface area contributed by atoms with Crippen LogP contribution in [0.5, 0.6) is 0 Å². The van der Waals surface area contributed by atoms with Crippen LogP contribution in [0.2, 0.25) is 0 Å². The first-order valence-corrected chi connectivity index (χ1v) is 15.1. The Bertz CT molecular complexity index is 1250. The third-order valence-electron chi connectivity index (χ3n) is 7.88. The molecule has 2 heterocycles. The summed E-state index contributed by atoms with van der Waals surface area (Å²) in [6.45, 7) is 2.10. The van der Waals surface area contributed by atoms with Gasteiger partial charge in [0.1, 0.15) is 12.1 Å². The second-order valence-electron chi connectivity index (χ2n) is 10.7. The molecule has 0 bridgehead atoms. The molecule has 0 aromatic heterocycles. The van der Waals surface area contributed by atoms with E-state index in [1.165, 1.54) is 11.8 Å². The predicted octanol–water partition coefficient (Wildman–Crippen LogP) is 1.36. The number of hydrogen-bond acceptors (Lipinski definition) is 6. The molecule has 3 N–H and O–H groups in total. The SMILES string of the molecule is CC(=O)N[C@H](C(=O)N1C[C@H]2CCC[C@H]2[C@H]1C(=O)N[C@H](/C=C(\F)S(C)(=O)=O)C[C@@H]1CCNC1=O)c1ccccc1. The number of hydrogen-bond donors (Lipinski definition) is 3. The predicted molar refractivity (Wildman–Crippen MR) is 141 cm³/mol. The highest BCUT2D eigenvalue weighted by Crippen LogP contribution is 2.43. The van der Waals surface area contributed by atoms with Crippen molar-refractivity contribution in [1.29, 1.82) is 0 Å². The topological polar surface area (TPSA) is 142 Å². The van der Waals surface area contributed by atoms with Crippen LogP contribution in [0.1, 0.15) is 50.6 Å². The number of amides is 4. The third kappa shape index (κ3) is 6.66. The first kappa shape index (κ1) is 28.7. The van der Waals surface area contributed by atoms with Crippen LogP contribution in [0, 0.1) is 17.8 Å². The second kappa shape index (κ2) is 11.8. The van der Waals surface area contributed by atoms with Crippen LogP contribution in [-0.4, -0.2) is 68.4 Å². The van der Waals surface area contributed by atoms with E-state index in [1.54, 1.807) is 30.3 Å². The summed E-state index contributed by atoms with van der Waals surface area (Å²) in [5.74, 6) is -2.13. The average Bonchev–Trinajstić information content (AvgIpc) is 3.58. The maximum Gasteiger partial charge on any atom is 0.250 e. The molecule has 212 valence electrons. The van der Waals surface area contributed by atoms with Gasteiger partial charge in [-0.05, 0) is 49.2 Å². The molecule has 3 aliphatic rings. The third-order valence-corrected chi connectivity index (χ3v) is 8.73. The number of nitrogens with zero attached hydrogens (tertiary/aromatic N) is 1. The molecule has 0 spiro atoms. The summed E-state index contributed by atoms with van der Waals surface area (Å²) in [5, 5.41) is 6.75. The number of sulfone groups is 1. The Morgan fingerprint density at radius 2 is 1.87 bits per heavy atom. The number of benzene rings is 1. The lowest BCUT2D eigenvalue weighted by atomic mass is 9.92. The van der Waals surface area contributed by atoms with E-state index in [9.17, 15) is 32.0 Å². The fourth-order valence-electron chi connectivity index (χ4n) is 6.07. The van der Waals surface area contributed by atoms with Gasteiger partial charge in [0.05, 0.1) is 6.04 Å². The normalized spacial score (nSPS) is 26.5. The van der Waals surface area contributed by atoms with Gasteiger partial charge in [-0.2, -0.15) is 4.39 Å². The standard InChI is InChI=1S/C27H35FN4O6S/c1-16(33)30-23(17-7-4-3-5-8-17)27(36)32-15-19-9-6-10-21(19)24(32)26(35)31-20(14-22(28)39(2,37)38)13-18-11-12-29-25(18)34/h3-5,7-8,14,18-21,23-24H,6,9-13,15H2,1-2H3,(H,29,34)(H,30,33)(H,31,35)/b22-14+/t18-,19+,20-,21+,23-,24-/m0/s1. The summed E-state index contributed by atoms with van der Waals surface area (Å²) in [6, 6.07) is 5.83. The molecule has 4 rings (SSSR count). The fourth-order valence-corrected chi connectivity index (χ4v) is 6.48. The van der Waals surface area contributed by atoms with Crippen molar-refractivity contribution in [3.63, 3.8) is 0 Å². The van der Waals surface area contributed by atoms with E-state index >= 15 is 0 Å². The van der Waals surface area contributed by atoms with Crippen LogP contribution >= 0.6 is 0 Å². The van der Waals surface area contributed by atoms with Gasteiger partial charge in [-0.15, -0.1) is 0 Å². The molecule has 2 aliphatic heterocycles. The molecule has 12 heteroatoms. The molecule has 1 saturated carbocycles. The van der Waals surface area contributed by atoms with Crippen LogP contribution in [0.3, 0.4) is 0 Å². The fraction of sp³-hybridized carbons (Fsp3) is 0.556. The van der Waals surface area contributed by atoms with Gasteiger partial charge in [-0.25, -0.2) is 8.42 Å². The smallest absolute Gasteiger partial charge is 0.250 e. The first-order chi connectivity index (χ1) is 18.5. The number of nitrogens with one attached hydrogen (secondary N) is 3. The Hall–Kier alpha value is -3.28. The number of fused-ring (bicyclic) bond motifs is 1. The van der Waals surface area contributed by atoms with E-state index in [0.29, 0.717) is 25.1 Å². The van der Waals surface area contributed by atoms with Gasteiger partial charge in [-0.1, -0.05) is 36.8 Å². The molecule has 0 radical (unpaired) electrons. The number of likely N-dealkylation sites (tertiary alicyclic amines) is 1. The van der Waals surface area contributed by atoms with Crippen molar-refractivity contribution in [3.8, 4) is 0 Å².